The average Bonchev–Trinajstić information content (AvgIpc) is 2.51. The maximum absolute atomic E-state index is 10.5. The van der Waals surface area contributed by atoms with Crippen LogP contribution in [0.4, 0.5) is 0 Å². The van der Waals surface area contributed by atoms with E-state index >= 15 is 0 Å². The summed E-state index contributed by atoms with van der Waals surface area (Å²) >= 11 is 0. The van der Waals surface area contributed by atoms with Crippen LogP contribution in [-0.2, 0) is 5.41 Å². The minimum atomic E-state index is -0.206. The van der Waals surface area contributed by atoms with E-state index in [1.54, 1.807) is 0 Å². The third kappa shape index (κ3) is 4.97. The topological polar surface area (TPSA) is 40.5 Å². The van der Waals surface area contributed by atoms with Gasteiger partial charge in [-0.2, -0.15) is 0 Å². The molecule has 2 heteroatoms. The molecule has 1 aliphatic carbocycles. The van der Waals surface area contributed by atoms with Crippen LogP contribution in [0.3, 0.4) is 0 Å². The molecular formula is C21H34O2. The lowest BCUT2D eigenvalue weighted by Gasteiger charge is -2.29. The van der Waals surface area contributed by atoms with Gasteiger partial charge < -0.3 is 10.2 Å². The Morgan fingerprint density at radius 2 is 1.91 bits per heavy atom. The number of benzene rings is 1. The van der Waals surface area contributed by atoms with Crippen molar-refractivity contribution in [3.05, 3.63) is 29.3 Å². The fourth-order valence-electron chi connectivity index (χ4n) is 3.89. The normalized spacial score (nSPS) is 22.3. The smallest absolute Gasteiger partial charge is 0.119 e. The van der Waals surface area contributed by atoms with E-state index in [1.807, 2.05) is 6.07 Å². The zero-order valence-corrected chi connectivity index (χ0v) is 15.1. The van der Waals surface area contributed by atoms with Crippen molar-refractivity contribution in [2.45, 2.75) is 96.0 Å². The maximum Gasteiger partial charge on any atom is 0.119 e. The summed E-state index contributed by atoms with van der Waals surface area (Å²) < 4.78 is 0. The Morgan fingerprint density at radius 3 is 2.57 bits per heavy atom. The average molecular weight is 319 g/mol. The summed E-state index contributed by atoms with van der Waals surface area (Å²) in [7, 11) is 0. The van der Waals surface area contributed by atoms with Gasteiger partial charge in [-0.15, -0.1) is 0 Å². The molecule has 130 valence electrons. The third-order valence-corrected chi connectivity index (χ3v) is 5.55. The van der Waals surface area contributed by atoms with Crippen LogP contribution < -0.4 is 0 Å². The monoisotopic (exact) mass is 318 g/mol. The van der Waals surface area contributed by atoms with E-state index in [-0.39, 0.29) is 11.5 Å². The molecule has 0 aliphatic heterocycles. The van der Waals surface area contributed by atoms with Crippen molar-refractivity contribution in [1.82, 2.24) is 0 Å². The molecule has 2 N–H and O–H groups in total. The summed E-state index contributed by atoms with van der Waals surface area (Å²) in [6.07, 6.45) is 9.89. The second-order valence-corrected chi connectivity index (χ2v) is 7.99. The van der Waals surface area contributed by atoms with E-state index in [0.29, 0.717) is 11.7 Å². The molecule has 1 aromatic carbocycles. The Labute approximate surface area is 141 Å². The van der Waals surface area contributed by atoms with Crippen LogP contribution in [0.1, 0.15) is 95.6 Å². The lowest BCUT2D eigenvalue weighted by molar-refractivity contribution is 0.119. The van der Waals surface area contributed by atoms with Crippen molar-refractivity contribution in [2.75, 3.05) is 0 Å². The van der Waals surface area contributed by atoms with Gasteiger partial charge in [0.25, 0.3) is 0 Å². The van der Waals surface area contributed by atoms with Crippen molar-refractivity contribution in [3.8, 4) is 5.75 Å². The van der Waals surface area contributed by atoms with Gasteiger partial charge in [0.1, 0.15) is 5.75 Å². The number of phenolic OH excluding ortho intramolecular Hbond substituents is 1. The quantitative estimate of drug-likeness (QED) is 0.637. The summed E-state index contributed by atoms with van der Waals surface area (Å²) in [5, 5.41) is 20.4. The Kier molecular flexibility index (Phi) is 6.52. The van der Waals surface area contributed by atoms with Crippen molar-refractivity contribution >= 4 is 0 Å². The first-order valence-corrected chi connectivity index (χ1v) is 9.45. The number of aliphatic hydroxyl groups excluding tert-OH is 1. The molecule has 0 spiro atoms. The van der Waals surface area contributed by atoms with Crippen LogP contribution >= 0.6 is 0 Å². The van der Waals surface area contributed by atoms with Crippen LogP contribution in [0.15, 0.2) is 18.2 Å². The fourth-order valence-corrected chi connectivity index (χ4v) is 3.89. The predicted molar refractivity (Wildman–Crippen MR) is 97.1 cm³/mol. The molecule has 1 saturated carbocycles. The molecule has 0 unspecified atom stereocenters. The van der Waals surface area contributed by atoms with E-state index < -0.39 is 0 Å². The van der Waals surface area contributed by atoms with Gasteiger partial charge >= 0.3 is 0 Å². The van der Waals surface area contributed by atoms with Gasteiger partial charge in [-0.3, -0.25) is 0 Å². The molecule has 23 heavy (non-hydrogen) atoms. The van der Waals surface area contributed by atoms with Crippen LogP contribution in [-0.4, -0.2) is 16.3 Å². The second-order valence-electron chi connectivity index (χ2n) is 7.99. The van der Waals surface area contributed by atoms with Crippen LogP contribution in [0, 0.1) is 0 Å². The van der Waals surface area contributed by atoms with Crippen molar-refractivity contribution < 1.29 is 10.2 Å². The summed E-state index contributed by atoms with van der Waals surface area (Å²) in [5.41, 5.74) is 2.36. The van der Waals surface area contributed by atoms with Crippen LogP contribution in [0.2, 0.25) is 0 Å². The second kappa shape index (κ2) is 8.19. The lowest BCUT2D eigenvalue weighted by atomic mass is 9.77. The Bertz CT molecular complexity index is 493. The Hall–Kier alpha value is -1.02. The first kappa shape index (κ1) is 18.3. The molecule has 0 bridgehead atoms. The summed E-state index contributed by atoms with van der Waals surface area (Å²) in [5.74, 6) is 0.726. The molecular weight excluding hydrogens is 284 g/mol. The fraction of sp³-hybridized carbons (Fsp3) is 0.714. The largest absolute Gasteiger partial charge is 0.508 e. The number of rotatable bonds is 7. The molecule has 2 rings (SSSR count). The highest BCUT2D eigenvalue weighted by atomic mass is 16.3. The van der Waals surface area contributed by atoms with Crippen molar-refractivity contribution in [3.63, 3.8) is 0 Å². The van der Waals surface area contributed by atoms with Gasteiger partial charge in [0.05, 0.1) is 6.10 Å². The molecule has 0 saturated heterocycles. The van der Waals surface area contributed by atoms with Gasteiger partial charge in [0, 0.05) is 0 Å². The summed E-state index contributed by atoms with van der Waals surface area (Å²) in [6.45, 7) is 6.79. The molecule has 0 aromatic heterocycles. The van der Waals surface area contributed by atoms with Crippen molar-refractivity contribution in [2.24, 2.45) is 0 Å². The number of aromatic hydroxyl groups is 1. The first-order chi connectivity index (χ1) is 10.9. The summed E-state index contributed by atoms with van der Waals surface area (Å²) in [4.78, 5) is 0. The summed E-state index contributed by atoms with van der Waals surface area (Å²) in [6, 6.07) is 6.26. The Morgan fingerprint density at radius 1 is 1.13 bits per heavy atom. The molecule has 1 aromatic rings. The SMILES string of the molecule is CCCCCCC(C)(C)c1ccc([C@@H]2CCC[C@@H](O)C2)c(O)c1. The predicted octanol–water partition coefficient (Wildman–Crippen LogP) is 5.66. The van der Waals surface area contributed by atoms with Gasteiger partial charge in [0.2, 0.25) is 0 Å². The molecule has 0 heterocycles. The van der Waals surface area contributed by atoms with Gasteiger partial charge in [-0.1, -0.05) is 65.0 Å². The molecule has 0 radical (unpaired) electrons. The third-order valence-electron chi connectivity index (χ3n) is 5.55. The highest BCUT2D eigenvalue weighted by molar-refractivity contribution is 5.41. The van der Waals surface area contributed by atoms with E-state index in [2.05, 4.69) is 32.9 Å². The molecule has 1 fully saturated rings. The van der Waals surface area contributed by atoms with E-state index in [1.165, 1.54) is 31.2 Å². The molecule has 0 amide bonds. The van der Waals surface area contributed by atoms with Gasteiger partial charge in [0.15, 0.2) is 0 Å². The zero-order valence-electron chi connectivity index (χ0n) is 15.1. The number of hydrogen-bond donors (Lipinski definition) is 2. The van der Waals surface area contributed by atoms with E-state index in [9.17, 15) is 10.2 Å². The van der Waals surface area contributed by atoms with Crippen LogP contribution in [0.25, 0.3) is 0 Å². The van der Waals surface area contributed by atoms with Crippen LogP contribution in [0.5, 0.6) is 5.75 Å². The zero-order chi connectivity index (χ0) is 16.9. The Balaban J connectivity index is 2.05. The molecule has 2 atom stereocenters. The molecule has 1 aliphatic rings. The van der Waals surface area contributed by atoms with Gasteiger partial charge in [-0.25, -0.2) is 0 Å². The first-order valence-electron chi connectivity index (χ1n) is 9.45. The minimum absolute atomic E-state index is 0.107. The number of aliphatic hydroxyl groups is 1. The highest BCUT2D eigenvalue weighted by Gasteiger charge is 2.26. The van der Waals surface area contributed by atoms with E-state index in [0.717, 1.165) is 37.7 Å². The number of unbranched alkanes of at least 4 members (excludes halogenated alkanes) is 3. The lowest BCUT2D eigenvalue weighted by Crippen LogP contribution is -2.19. The number of hydrogen-bond acceptors (Lipinski definition) is 2. The van der Waals surface area contributed by atoms with E-state index in [4.69, 9.17) is 0 Å². The molecule has 2 nitrogen and oxygen atoms in total. The highest BCUT2D eigenvalue weighted by Crippen LogP contribution is 2.40. The standard InChI is InChI=1S/C21H34O2/c1-4-5-6-7-13-21(2,3)17-11-12-19(20(23)15-17)16-9-8-10-18(22)14-16/h11-12,15-16,18,22-23H,4-10,13-14H2,1-3H3/t16-,18-/m1/s1. The van der Waals surface area contributed by atoms with Gasteiger partial charge in [-0.05, 0) is 54.2 Å². The van der Waals surface area contributed by atoms with Crippen molar-refractivity contribution in [1.29, 1.82) is 0 Å². The maximum atomic E-state index is 10.5. The minimum Gasteiger partial charge on any atom is -0.508 e. The number of phenols is 1.